The number of esters is 2. The number of aldehydes is 1. The van der Waals surface area contributed by atoms with Gasteiger partial charge in [0.15, 0.2) is 0 Å². The van der Waals surface area contributed by atoms with Crippen molar-refractivity contribution < 1.29 is 58.9 Å². The van der Waals surface area contributed by atoms with E-state index in [0.29, 0.717) is 46.0 Å². The maximum absolute atomic E-state index is 13.1. The maximum Gasteiger partial charge on any atom is 2.00 e. The Kier molecular flexibility index (Phi) is 82.1. The molecule has 0 amide bonds. The first-order chi connectivity index (χ1) is 45.7. The molecule has 0 saturated carbocycles. The number of carbonyl (C=O) groups excluding carboxylic acids is 3. The van der Waals surface area contributed by atoms with Crippen molar-refractivity contribution in [1.82, 2.24) is 24.9 Å². The second kappa shape index (κ2) is 75.2. The Balaban J connectivity index is -0.000000156. The third-order valence-corrected chi connectivity index (χ3v) is 11.2. The largest absolute Gasteiger partial charge is 2.00 e. The van der Waals surface area contributed by atoms with Gasteiger partial charge in [-0.1, -0.05) is 167 Å². The van der Waals surface area contributed by atoms with Crippen LogP contribution in [0.4, 0.5) is 17.6 Å². The molecule has 0 atom stereocenters. The predicted molar refractivity (Wildman–Crippen MR) is 397 cm³/mol. The summed E-state index contributed by atoms with van der Waals surface area (Å²) in [5, 5.41) is 9.15. The molecular formula is C77H104Br2ClF4MgN5O6. The second-order valence-corrected chi connectivity index (χ2v) is 17.4. The van der Waals surface area contributed by atoms with Crippen molar-refractivity contribution in [1.29, 1.82) is 0 Å². The summed E-state index contributed by atoms with van der Waals surface area (Å²) in [5.41, 5.74) is 8.03. The van der Waals surface area contributed by atoms with Gasteiger partial charge < -0.3 is 27.0 Å². The summed E-state index contributed by atoms with van der Waals surface area (Å²) < 4.78 is 62.1. The summed E-state index contributed by atoms with van der Waals surface area (Å²) in [6.45, 7) is 39.5. The van der Waals surface area contributed by atoms with E-state index in [1.165, 1.54) is 75.1 Å². The summed E-state index contributed by atoms with van der Waals surface area (Å²) >= 11 is 6.42. The maximum atomic E-state index is 13.1. The number of halogens is 7. The van der Waals surface area contributed by atoms with Crippen LogP contribution < -0.4 is 12.4 Å². The number of hydrogen-bond donors (Lipinski definition) is 1. The molecule has 9 rings (SSSR count). The van der Waals surface area contributed by atoms with E-state index in [1.807, 2.05) is 149 Å². The van der Waals surface area contributed by atoms with E-state index in [0.717, 1.165) is 49.7 Å². The predicted octanol–water partition coefficient (Wildman–Crippen LogP) is 18.9. The molecule has 5 aromatic heterocycles. The Hall–Kier alpha value is -7.19. The quantitative estimate of drug-likeness (QED) is 0.0457. The number of aliphatic hydroxyl groups is 1. The molecule has 19 heteroatoms. The van der Waals surface area contributed by atoms with Crippen LogP contribution in [0.25, 0.3) is 0 Å². The van der Waals surface area contributed by atoms with Crippen LogP contribution in [-0.4, -0.2) is 85.5 Å². The third-order valence-electron chi connectivity index (χ3n) is 10.1. The molecule has 0 aliphatic heterocycles. The average Bonchev–Trinajstić information content (AvgIpc) is 1.58. The number of methoxy groups -OCH3 is 2. The minimum Gasteiger partial charge on any atom is -1.00 e. The topological polar surface area (TPSA) is 154 Å². The Morgan fingerprint density at radius 3 is 1.15 bits per heavy atom. The molecular weight excluding hydrogens is 1390 g/mol. The van der Waals surface area contributed by atoms with E-state index in [1.54, 1.807) is 110 Å². The van der Waals surface area contributed by atoms with Gasteiger partial charge in [0.2, 0.25) is 0 Å². The van der Waals surface area contributed by atoms with Crippen molar-refractivity contribution in [3.63, 3.8) is 0 Å². The first kappa shape index (κ1) is 105. The van der Waals surface area contributed by atoms with E-state index in [4.69, 9.17) is 9.84 Å². The SMILES string of the molecule is Brc1cccnc1.CC.CC.CC.CC.CC.CC.CC.CC.CC.COC(=O)c1ccncc1Br.COC(=O)c1ccncc1Cc1cccc(F)c1.O=Cc1ccncc1Cc1cccc(F)c1.OCc1ccncc1Cc1cccc(F)c1.[CH2-]c1cccc(F)c1.[Cl-].[Mg+2]. The molecule has 524 valence electrons. The molecule has 9 aromatic rings. The van der Waals surface area contributed by atoms with Crippen LogP contribution in [-0.2, 0) is 35.3 Å². The molecule has 0 spiro atoms. The average molecular weight is 1490 g/mol. The molecule has 5 heterocycles. The molecule has 1 N–H and O–H groups in total. The monoisotopic (exact) mass is 1490 g/mol. The molecule has 4 aromatic carbocycles. The number of pyridine rings is 5. The summed E-state index contributed by atoms with van der Waals surface area (Å²) in [4.78, 5) is 52.9. The molecule has 0 aliphatic carbocycles. The van der Waals surface area contributed by atoms with Gasteiger partial charge in [0.05, 0.1) is 42.2 Å². The smallest absolute Gasteiger partial charge is 1.00 e. The Morgan fingerprint density at radius 2 is 0.792 bits per heavy atom. The first-order valence-electron chi connectivity index (χ1n) is 31.7. The van der Waals surface area contributed by atoms with Crippen LogP contribution >= 0.6 is 31.9 Å². The molecule has 0 saturated heterocycles. The van der Waals surface area contributed by atoms with Crippen molar-refractivity contribution in [3.05, 3.63) is 296 Å². The van der Waals surface area contributed by atoms with Crippen molar-refractivity contribution in [3.8, 4) is 0 Å². The van der Waals surface area contributed by atoms with Gasteiger partial charge in [-0.15, -0.1) is 12.1 Å². The van der Waals surface area contributed by atoms with Gasteiger partial charge in [-0.25, -0.2) is 27.2 Å². The number of ether oxygens (including phenoxy) is 2. The van der Waals surface area contributed by atoms with Gasteiger partial charge in [0.25, 0.3) is 0 Å². The first-order valence-corrected chi connectivity index (χ1v) is 33.3. The number of carbonyl (C=O) groups is 3. The number of rotatable bonds is 10. The fourth-order valence-corrected chi connectivity index (χ4v) is 7.16. The molecule has 11 nitrogen and oxygen atoms in total. The zero-order valence-electron chi connectivity index (χ0n) is 60.2. The van der Waals surface area contributed by atoms with Gasteiger partial charge in [0.1, 0.15) is 23.7 Å². The van der Waals surface area contributed by atoms with Crippen LogP contribution in [0.15, 0.2) is 204 Å². The molecule has 0 aliphatic rings. The minimum absolute atomic E-state index is 0. The van der Waals surface area contributed by atoms with Crippen molar-refractivity contribution in [2.45, 2.75) is 150 Å². The fraction of sp³-hybridized carbons (Fsp3) is 0.312. The normalized spacial score (nSPS) is 8.32. The fourth-order valence-electron chi connectivity index (χ4n) is 6.48. The number of benzene rings is 4. The number of aliphatic hydroxyl groups excluding tert-OH is 1. The Labute approximate surface area is 613 Å². The van der Waals surface area contributed by atoms with Crippen molar-refractivity contribution in [2.75, 3.05) is 14.2 Å². The molecule has 0 bridgehead atoms. The minimum atomic E-state index is -0.413. The van der Waals surface area contributed by atoms with Gasteiger partial charge >= 0.3 is 35.0 Å². The van der Waals surface area contributed by atoms with Crippen LogP contribution in [0, 0.1) is 30.2 Å². The van der Waals surface area contributed by atoms with Gasteiger partial charge in [-0.05, 0) is 163 Å². The summed E-state index contributed by atoms with van der Waals surface area (Å²) in [5.74, 6) is -1.81. The zero-order valence-corrected chi connectivity index (χ0v) is 65.5. The van der Waals surface area contributed by atoms with E-state index < -0.39 is 5.97 Å². The summed E-state index contributed by atoms with van der Waals surface area (Å²) in [7, 11) is 2.67. The Bertz CT molecular complexity index is 3240. The van der Waals surface area contributed by atoms with Crippen LogP contribution in [0.2, 0.25) is 0 Å². The van der Waals surface area contributed by atoms with E-state index >= 15 is 0 Å². The molecule has 0 unspecified atom stereocenters. The van der Waals surface area contributed by atoms with Gasteiger partial charge in [-0.2, -0.15) is 18.6 Å². The number of nitrogens with zero attached hydrogens (tertiary/aromatic N) is 5. The van der Waals surface area contributed by atoms with E-state index in [9.17, 15) is 31.9 Å². The van der Waals surface area contributed by atoms with Crippen LogP contribution in [0.3, 0.4) is 0 Å². The van der Waals surface area contributed by atoms with Crippen LogP contribution in [0.1, 0.15) is 200 Å². The van der Waals surface area contributed by atoms with Crippen LogP contribution in [0.5, 0.6) is 0 Å². The molecule has 0 radical (unpaired) electrons. The zero-order chi connectivity index (χ0) is 73.1. The number of aromatic nitrogens is 5. The number of hydrogen-bond acceptors (Lipinski definition) is 11. The molecule has 0 fully saturated rings. The summed E-state index contributed by atoms with van der Waals surface area (Å²) in [6.07, 6.45) is 18.6. The third kappa shape index (κ3) is 50.2. The van der Waals surface area contributed by atoms with Gasteiger partial charge in [0, 0.05) is 72.0 Å². The van der Waals surface area contributed by atoms with Crippen molar-refractivity contribution >= 4 is 73.1 Å². The van der Waals surface area contributed by atoms with Crippen molar-refractivity contribution in [2.24, 2.45) is 0 Å². The molecule has 96 heavy (non-hydrogen) atoms. The second-order valence-electron chi connectivity index (χ2n) is 15.6. The summed E-state index contributed by atoms with van der Waals surface area (Å²) in [6, 6.07) is 35.7. The Morgan fingerprint density at radius 1 is 0.438 bits per heavy atom. The standard InChI is InChI=1S/C14H12FNO2.C13H12FNO.C13H10FNO.C7H6BrNO2.C7H6F.C5H4BrN.9C2H6.ClH.Mg/c1-18-14(17)13-5-6-16-9-11(13)7-10-3-2-4-12(15)8-10;2*14-13-3-1-2-10(7-13)6-12-8-15-5-4-11(12)9-16;1-11-7(10)5-2-3-9-4-6(5)8;1-6-3-2-4-7(8)5-6;6-5-2-1-3-7-4-5;9*1-2;;/h2-6,8-9H,7H2,1H3;1-5,7-8,16H,6,9H2;1-5,7-9H,6H2;2-4H,1H3;2-5H,1H2;1-4H;9*1-2H3;1H;/q;;;;-1;;;;;;;;;;;;+2/p-1. The van der Waals surface area contributed by atoms with Gasteiger partial charge in [-0.3, -0.25) is 29.7 Å². The van der Waals surface area contributed by atoms with E-state index in [-0.39, 0.29) is 71.3 Å². The van der Waals surface area contributed by atoms with E-state index in [2.05, 4.69) is 68.4 Å².